The first kappa shape index (κ1) is 8.63. The molecule has 2 heterocycles. The first-order valence-electron chi connectivity index (χ1n) is 4.35. The van der Waals surface area contributed by atoms with Gasteiger partial charge < -0.3 is 0 Å². The lowest BCUT2D eigenvalue weighted by Gasteiger charge is -1.93. The topological polar surface area (TPSA) is 17.0 Å². The van der Waals surface area contributed by atoms with Gasteiger partial charge in [-0.15, -0.1) is 0 Å². The van der Waals surface area contributed by atoms with Crippen LogP contribution in [-0.4, -0.2) is 4.98 Å². The molecule has 0 bridgehead atoms. The number of aryl methyl sites for hydroxylation is 4. The maximum atomic E-state index is 4.50. The van der Waals surface area contributed by atoms with Crippen molar-refractivity contribution in [2.75, 3.05) is 0 Å². The molecule has 0 atom stereocenters. The summed E-state index contributed by atoms with van der Waals surface area (Å²) in [5.41, 5.74) is 3.67. The Morgan fingerprint density at radius 2 is 1.92 bits per heavy atom. The molecule has 0 aromatic carbocycles. The molecule has 2 rings (SSSR count). The van der Waals surface area contributed by atoms with Crippen molar-refractivity contribution < 1.29 is 4.40 Å². The monoisotopic (exact) mass is 193 g/mol. The first-order valence-corrected chi connectivity index (χ1v) is 5.17. The van der Waals surface area contributed by atoms with Gasteiger partial charge in [0, 0.05) is 13.0 Å². The molecule has 0 aliphatic carbocycles. The maximum absolute atomic E-state index is 4.50. The highest BCUT2D eigenvalue weighted by Gasteiger charge is 2.16. The quantitative estimate of drug-likeness (QED) is 0.586. The lowest BCUT2D eigenvalue weighted by molar-refractivity contribution is -0.525. The van der Waals surface area contributed by atoms with E-state index in [0.717, 1.165) is 10.7 Å². The molecule has 0 aliphatic heterocycles. The fraction of sp³-hybridized carbons (Fsp3) is 0.400. The standard InChI is InChI=1S/C10H13N2S/c1-6-5-7(2)12-8(3)9(4)13-10(12)11-6/h5H,1-4H3/q+1. The molecule has 2 nitrogen and oxygen atoms in total. The molecule has 0 aliphatic rings. The highest BCUT2D eigenvalue weighted by molar-refractivity contribution is 7.16. The molecule has 2 aromatic rings. The minimum Gasteiger partial charge on any atom is -0.188 e. The van der Waals surface area contributed by atoms with E-state index < -0.39 is 0 Å². The zero-order chi connectivity index (χ0) is 9.59. The molecule has 0 radical (unpaired) electrons. The summed E-state index contributed by atoms with van der Waals surface area (Å²) in [5, 5.41) is 0. The zero-order valence-electron chi connectivity index (χ0n) is 8.38. The van der Waals surface area contributed by atoms with Crippen LogP contribution in [0.3, 0.4) is 0 Å². The third kappa shape index (κ3) is 1.23. The van der Waals surface area contributed by atoms with E-state index in [4.69, 9.17) is 0 Å². The summed E-state index contributed by atoms with van der Waals surface area (Å²) < 4.78 is 2.22. The summed E-state index contributed by atoms with van der Waals surface area (Å²) >= 11 is 1.76. The lowest BCUT2D eigenvalue weighted by atomic mass is 10.3. The Kier molecular flexibility index (Phi) is 1.84. The van der Waals surface area contributed by atoms with Gasteiger partial charge in [-0.25, -0.2) is 0 Å². The molecule has 2 aromatic heterocycles. The summed E-state index contributed by atoms with van der Waals surface area (Å²) in [6.07, 6.45) is 0. The average Bonchev–Trinajstić information content (AvgIpc) is 2.27. The van der Waals surface area contributed by atoms with E-state index in [1.54, 1.807) is 11.3 Å². The Bertz CT molecular complexity index is 471. The smallest absolute Gasteiger partial charge is 0.188 e. The van der Waals surface area contributed by atoms with Crippen LogP contribution in [0.2, 0.25) is 0 Å². The van der Waals surface area contributed by atoms with Crippen LogP contribution < -0.4 is 4.40 Å². The highest BCUT2D eigenvalue weighted by Crippen LogP contribution is 2.15. The van der Waals surface area contributed by atoms with Crippen molar-refractivity contribution in [3.05, 3.63) is 28.0 Å². The van der Waals surface area contributed by atoms with Gasteiger partial charge >= 0.3 is 4.96 Å². The van der Waals surface area contributed by atoms with Crippen LogP contribution in [-0.2, 0) is 0 Å². The molecule has 3 heteroatoms. The Labute approximate surface area is 81.9 Å². The molecule has 0 spiro atoms. The van der Waals surface area contributed by atoms with Gasteiger partial charge in [0.05, 0.1) is 4.88 Å². The molecule has 13 heavy (non-hydrogen) atoms. The van der Waals surface area contributed by atoms with E-state index in [1.165, 1.54) is 16.3 Å². The maximum Gasteiger partial charge on any atom is 0.387 e. The molecule has 0 N–H and O–H groups in total. The van der Waals surface area contributed by atoms with Crippen LogP contribution in [0.25, 0.3) is 4.96 Å². The average molecular weight is 193 g/mol. The number of rotatable bonds is 0. The normalized spacial score (nSPS) is 11.1. The Hall–Kier alpha value is -0.960. The van der Waals surface area contributed by atoms with Gasteiger partial charge in [0.2, 0.25) is 0 Å². The third-order valence-corrected chi connectivity index (χ3v) is 3.38. The van der Waals surface area contributed by atoms with Gasteiger partial charge in [-0.3, -0.25) is 0 Å². The van der Waals surface area contributed by atoms with Crippen molar-refractivity contribution in [1.82, 2.24) is 4.98 Å². The van der Waals surface area contributed by atoms with Crippen LogP contribution in [0.1, 0.15) is 22.0 Å². The first-order chi connectivity index (χ1) is 6.09. The number of aromatic nitrogens is 2. The van der Waals surface area contributed by atoms with E-state index >= 15 is 0 Å². The van der Waals surface area contributed by atoms with E-state index in [0.29, 0.717) is 0 Å². The molecule has 0 fully saturated rings. The SMILES string of the molecule is Cc1cc(C)[n+]2c(C)c(C)sc2n1. The molecular formula is C10H13N2S+. The molecule has 0 saturated carbocycles. The molecule has 0 saturated heterocycles. The molecule has 0 amide bonds. The minimum absolute atomic E-state index is 1.10. The Morgan fingerprint density at radius 3 is 2.62 bits per heavy atom. The number of nitrogens with zero attached hydrogens (tertiary/aromatic N) is 2. The van der Waals surface area contributed by atoms with E-state index in [2.05, 4.69) is 36.2 Å². The second-order valence-corrected chi connectivity index (χ2v) is 4.58. The second-order valence-electron chi connectivity index (χ2n) is 3.40. The highest BCUT2D eigenvalue weighted by atomic mass is 32.1. The molecular weight excluding hydrogens is 180 g/mol. The van der Waals surface area contributed by atoms with E-state index in [-0.39, 0.29) is 0 Å². The zero-order valence-corrected chi connectivity index (χ0v) is 9.20. The van der Waals surface area contributed by atoms with Gasteiger partial charge in [0.25, 0.3) is 0 Å². The fourth-order valence-electron chi connectivity index (χ4n) is 1.60. The van der Waals surface area contributed by atoms with Crippen molar-refractivity contribution >= 4 is 16.3 Å². The van der Waals surface area contributed by atoms with Crippen molar-refractivity contribution in [3.8, 4) is 0 Å². The van der Waals surface area contributed by atoms with Crippen LogP contribution in [0.5, 0.6) is 0 Å². The lowest BCUT2D eigenvalue weighted by Crippen LogP contribution is -2.27. The summed E-state index contributed by atoms with van der Waals surface area (Å²) in [4.78, 5) is 6.95. The van der Waals surface area contributed by atoms with Crippen molar-refractivity contribution in [3.63, 3.8) is 0 Å². The van der Waals surface area contributed by atoms with Gasteiger partial charge in [-0.05, 0) is 37.1 Å². The fourth-order valence-corrected chi connectivity index (χ4v) is 2.67. The predicted octanol–water partition coefficient (Wildman–Crippen LogP) is 2.12. The Balaban J connectivity index is 2.94. The number of thiazole rings is 1. The molecule has 0 unspecified atom stereocenters. The van der Waals surface area contributed by atoms with Crippen LogP contribution >= 0.6 is 11.3 Å². The van der Waals surface area contributed by atoms with Crippen LogP contribution in [0, 0.1) is 27.7 Å². The number of hydrogen-bond donors (Lipinski definition) is 0. The summed E-state index contributed by atoms with van der Waals surface area (Å²) in [6, 6.07) is 2.12. The van der Waals surface area contributed by atoms with E-state index in [9.17, 15) is 0 Å². The minimum atomic E-state index is 1.10. The number of hydrogen-bond acceptors (Lipinski definition) is 2. The van der Waals surface area contributed by atoms with Gasteiger partial charge in [0.1, 0.15) is 11.4 Å². The van der Waals surface area contributed by atoms with Crippen molar-refractivity contribution in [2.24, 2.45) is 0 Å². The van der Waals surface area contributed by atoms with Crippen LogP contribution in [0.15, 0.2) is 6.07 Å². The molecule has 68 valence electrons. The van der Waals surface area contributed by atoms with Crippen molar-refractivity contribution in [2.45, 2.75) is 27.7 Å². The van der Waals surface area contributed by atoms with Crippen LogP contribution in [0.4, 0.5) is 0 Å². The largest absolute Gasteiger partial charge is 0.387 e. The summed E-state index contributed by atoms with van der Waals surface area (Å²) in [6.45, 7) is 8.45. The summed E-state index contributed by atoms with van der Waals surface area (Å²) in [7, 11) is 0. The summed E-state index contributed by atoms with van der Waals surface area (Å²) in [5.74, 6) is 0. The second kappa shape index (κ2) is 2.77. The third-order valence-electron chi connectivity index (χ3n) is 2.32. The van der Waals surface area contributed by atoms with Gasteiger partial charge in [0.15, 0.2) is 5.69 Å². The number of fused-ring (bicyclic) bond motifs is 1. The Morgan fingerprint density at radius 1 is 1.23 bits per heavy atom. The predicted molar refractivity (Wildman–Crippen MR) is 54.2 cm³/mol. The van der Waals surface area contributed by atoms with Gasteiger partial charge in [-0.2, -0.15) is 4.40 Å². The van der Waals surface area contributed by atoms with E-state index in [1.807, 2.05) is 6.92 Å². The van der Waals surface area contributed by atoms with Gasteiger partial charge in [-0.1, -0.05) is 0 Å². The van der Waals surface area contributed by atoms with Crippen molar-refractivity contribution in [1.29, 1.82) is 0 Å².